The fourth-order valence-electron chi connectivity index (χ4n) is 2.75. The number of nitrogens with one attached hydrogen (secondary N) is 2. The second kappa shape index (κ2) is 9.27. The number of carbonyl (C=O) groups excluding carboxylic acids is 2. The van der Waals surface area contributed by atoms with Crippen LogP contribution in [0.1, 0.15) is 37.0 Å². The molecular weight excluding hydrogens is 306 g/mol. The molecule has 2 amide bonds. The summed E-state index contributed by atoms with van der Waals surface area (Å²) in [4.78, 5) is 26.0. The number of benzene rings is 1. The van der Waals surface area contributed by atoms with Gasteiger partial charge >= 0.3 is 0 Å². The first-order chi connectivity index (χ1) is 11.6. The molecule has 24 heavy (non-hydrogen) atoms. The van der Waals surface area contributed by atoms with Gasteiger partial charge < -0.3 is 20.3 Å². The van der Waals surface area contributed by atoms with Gasteiger partial charge in [0.25, 0.3) is 5.91 Å². The summed E-state index contributed by atoms with van der Waals surface area (Å²) in [6.07, 6.45) is 2.18. The molecule has 0 aliphatic carbocycles. The molecule has 0 spiro atoms. The van der Waals surface area contributed by atoms with Crippen LogP contribution in [0.25, 0.3) is 0 Å². The van der Waals surface area contributed by atoms with Crippen LogP contribution in [-0.4, -0.2) is 55.6 Å². The van der Waals surface area contributed by atoms with E-state index in [4.69, 9.17) is 4.74 Å². The third-order valence-corrected chi connectivity index (χ3v) is 4.20. The molecule has 1 fully saturated rings. The van der Waals surface area contributed by atoms with Crippen LogP contribution < -0.4 is 10.6 Å². The van der Waals surface area contributed by atoms with E-state index >= 15 is 0 Å². The molecule has 6 nitrogen and oxygen atoms in total. The number of carbonyl (C=O) groups is 2. The molecule has 1 unspecified atom stereocenters. The lowest BCUT2D eigenvalue weighted by molar-refractivity contribution is -0.128. The summed E-state index contributed by atoms with van der Waals surface area (Å²) in [6, 6.07) is 7.19. The number of rotatable bonds is 8. The van der Waals surface area contributed by atoms with E-state index in [1.54, 1.807) is 17.0 Å². The highest BCUT2D eigenvalue weighted by Crippen LogP contribution is 2.13. The zero-order valence-corrected chi connectivity index (χ0v) is 14.5. The monoisotopic (exact) mass is 333 g/mol. The van der Waals surface area contributed by atoms with Gasteiger partial charge in [-0.15, -0.1) is 0 Å². The Labute approximate surface area is 143 Å². The summed E-state index contributed by atoms with van der Waals surface area (Å²) in [5.41, 5.74) is 1.34. The van der Waals surface area contributed by atoms with Crippen molar-refractivity contribution in [2.75, 3.05) is 38.1 Å². The highest BCUT2D eigenvalue weighted by Gasteiger charge is 2.17. The van der Waals surface area contributed by atoms with E-state index in [1.807, 2.05) is 26.0 Å². The Morgan fingerprint density at radius 1 is 1.29 bits per heavy atom. The van der Waals surface area contributed by atoms with Crippen LogP contribution in [0.3, 0.4) is 0 Å². The van der Waals surface area contributed by atoms with Crippen molar-refractivity contribution < 1.29 is 14.3 Å². The number of amides is 2. The number of likely N-dealkylation sites (N-methyl/N-ethyl adjacent to an activating group) is 1. The Morgan fingerprint density at radius 2 is 2.08 bits per heavy atom. The number of hydrogen-bond acceptors (Lipinski definition) is 4. The minimum atomic E-state index is -0.121. The number of hydrogen-bond donors (Lipinski definition) is 2. The molecule has 0 aromatic heterocycles. The van der Waals surface area contributed by atoms with Gasteiger partial charge in [0, 0.05) is 37.5 Å². The van der Waals surface area contributed by atoms with E-state index in [9.17, 15) is 9.59 Å². The highest BCUT2D eigenvalue weighted by atomic mass is 16.5. The predicted molar refractivity (Wildman–Crippen MR) is 94.2 cm³/mol. The van der Waals surface area contributed by atoms with Crippen LogP contribution in [0.15, 0.2) is 24.3 Å². The van der Waals surface area contributed by atoms with Crippen LogP contribution in [0.5, 0.6) is 0 Å². The maximum absolute atomic E-state index is 12.2. The van der Waals surface area contributed by atoms with Crippen molar-refractivity contribution in [1.29, 1.82) is 0 Å². The van der Waals surface area contributed by atoms with E-state index in [0.717, 1.165) is 25.1 Å². The van der Waals surface area contributed by atoms with Gasteiger partial charge in [-0.25, -0.2) is 0 Å². The maximum atomic E-state index is 12.2. The smallest absolute Gasteiger partial charge is 0.251 e. The van der Waals surface area contributed by atoms with E-state index in [2.05, 4.69) is 10.6 Å². The third-order valence-electron chi connectivity index (χ3n) is 4.20. The number of ether oxygens (including phenoxy) is 1. The summed E-state index contributed by atoms with van der Waals surface area (Å²) >= 11 is 0. The molecule has 1 aromatic rings. The van der Waals surface area contributed by atoms with Gasteiger partial charge in [-0.05, 0) is 44.9 Å². The average Bonchev–Trinajstić information content (AvgIpc) is 3.12. The molecule has 6 heteroatoms. The molecule has 0 saturated carbocycles. The van der Waals surface area contributed by atoms with Crippen molar-refractivity contribution >= 4 is 17.5 Å². The lowest BCUT2D eigenvalue weighted by atomic mass is 10.1. The van der Waals surface area contributed by atoms with Crippen LogP contribution >= 0.6 is 0 Å². The van der Waals surface area contributed by atoms with Gasteiger partial charge in [-0.1, -0.05) is 6.07 Å². The van der Waals surface area contributed by atoms with E-state index in [-0.39, 0.29) is 24.5 Å². The molecule has 132 valence electrons. The van der Waals surface area contributed by atoms with Crippen molar-refractivity contribution in [3.63, 3.8) is 0 Å². The van der Waals surface area contributed by atoms with Crippen molar-refractivity contribution in [2.24, 2.45) is 0 Å². The second-order valence-electron chi connectivity index (χ2n) is 5.85. The second-order valence-corrected chi connectivity index (χ2v) is 5.85. The van der Waals surface area contributed by atoms with Crippen LogP contribution in [0, 0.1) is 0 Å². The molecule has 1 heterocycles. The van der Waals surface area contributed by atoms with E-state index < -0.39 is 0 Å². The molecule has 0 bridgehead atoms. The summed E-state index contributed by atoms with van der Waals surface area (Å²) in [5.74, 6) is -0.0718. The topological polar surface area (TPSA) is 70.7 Å². The first-order valence-electron chi connectivity index (χ1n) is 8.65. The van der Waals surface area contributed by atoms with E-state index in [0.29, 0.717) is 25.2 Å². The normalized spacial score (nSPS) is 16.7. The molecule has 1 aromatic carbocycles. The minimum absolute atomic E-state index is 0.0493. The Kier molecular flexibility index (Phi) is 7.06. The van der Waals surface area contributed by atoms with Crippen molar-refractivity contribution in [3.8, 4) is 0 Å². The van der Waals surface area contributed by atoms with Crippen molar-refractivity contribution in [2.45, 2.75) is 32.8 Å². The van der Waals surface area contributed by atoms with Gasteiger partial charge in [0.05, 0.1) is 12.6 Å². The largest absolute Gasteiger partial charge is 0.376 e. The lowest BCUT2D eigenvalue weighted by Gasteiger charge is -2.19. The van der Waals surface area contributed by atoms with E-state index in [1.165, 1.54) is 0 Å². The van der Waals surface area contributed by atoms with Crippen LogP contribution in [0.2, 0.25) is 0 Å². The Bertz CT molecular complexity index is 552. The number of anilines is 1. The standard InChI is InChI=1S/C18H27N3O3/c1-3-21(4-2)17(22)13-19-15-8-5-7-14(11-15)18(23)20-12-16-9-6-10-24-16/h5,7-8,11,16,19H,3-4,6,9-10,12-13H2,1-2H3,(H,20,23). The van der Waals surface area contributed by atoms with Gasteiger partial charge in [-0.2, -0.15) is 0 Å². The third kappa shape index (κ3) is 5.23. The van der Waals surface area contributed by atoms with Gasteiger partial charge in [0.1, 0.15) is 0 Å². The minimum Gasteiger partial charge on any atom is -0.376 e. The average molecular weight is 333 g/mol. The quantitative estimate of drug-likeness (QED) is 0.762. The SMILES string of the molecule is CCN(CC)C(=O)CNc1cccc(C(=O)NCC2CCCO2)c1. The first kappa shape index (κ1) is 18.3. The highest BCUT2D eigenvalue weighted by molar-refractivity contribution is 5.95. The lowest BCUT2D eigenvalue weighted by Crippen LogP contribution is -2.35. The summed E-state index contributed by atoms with van der Waals surface area (Å²) in [6.45, 7) is 6.85. The first-order valence-corrected chi connectivity index (χ1v) is 8.65. The summed E-state index contributed by atoms with van der Waals surface area (Å²) < 4.78 is 5.50. The zero-order valence-electron chi connectivity index (χ0n) is 14.5. The summed E-state index contributed by atoms with van der Waals surface area (Å²) in [5, 5.41) is 5.99. The number of nitrogens with zero attached hydrogens (tertiary/aromatic N) is 1. The van der Waals surface area contributed by atoms with Gasteiger partial charge in [-0.3, -0.25) is 9.59 Å². The summed E-state index contributed by atoms with van der Waals surface area (Å²) in [7, 11) is 0. The zero-order chi connectivity index (χ0) is 17.4. The maximum Gasteiger partial charge on any atom is 0.251 e. The van der Waals surface area contributed by atoms with Gasteiger partial charge in [0.15, 0.2) is 0 Å². The van der Waals surface area contributed by atoms with Crippen LogP contribution in [-0.2, 0) is 9.53 Å². The Balaban J connectivity index is 1.85. The molecule has 0 radical (unpaired) electrons. The Morgan fingerprint density at radius 3 is 2.75 bits per heavy atom. The van der Waals surface area contributed by atoms with Gasteiger partial charge in [0.2, 0.25) is 5.91 Å². The molecule has 1 aliphatic rings. The Hall–Kier alpha value is -2.08. The predicted octanol–water partition coefficient (Wildman–Crippen LogP) is 1.88. The van der Waals surface area contributed by atoms with Crippen molar-refractivity contribution in [1.82, 2.24) is 10.2 Å². The molecule has 1 saturated heterocycles. The fraction of sp³-hybridized carbons (Fsp3) is 0.556. The fourth-order valence-corrected chi connectivity index (χ4v) is 2.75. The van der Waals surface area contributed by atoms with Crippen LogP contribution in [0.4, 0.5) is 5.69 Å². The molecule has 1 atom stereocenters. The molecule has 2 N–H and O–H groups in total. The van der Waals surface area contributed by atoms with Crippen molar-refractivity contribution in [3.05, 3.63) is 29.8 Å². The molecular formula is C18H27N3O3. The molecule has 2 rings (SSSR count). The molecule has 1 aliphatic heterocycles.